The number of hydrogen-bond donors (Lipinski definition) is 2. The number of aliphatic hydroxyl groups excluding tert-OH is 2. The quantitative estimate of drug-likeness (QED) is 0.0498. The van der Waals surface area contributed by atoms with Crippen molar-refractivity contribution in [2.45, 2.75) is 64.2 Å². The van der Waals surface area contributed by atoms with Crippen molar-refractivity contribution in [1.29, 1.82) is 0 Å². The highest BCUT2D eigenvalue weighted by Crippen LogP contribution is 2.39. The van der Waals surface area contributed by atoms with E-state index in [2.05, 4.69) is 50.9 Å². The third-order valence-electron chi connectivity index (χ3n) is 8.43. The van der Waals surface area contributed by atoms with E-state index in [0.717, 1.165) is 22.6 Å². The Balaban J connectivity index is 1.50. The van der Waals surface area contributed by atoms with Crippen LogP contribution in [0.4, 0.5) is 0 Å². The molecule has 0 atom stereocenters. The average molecular weight is 581 g/mol. The summed E-state index contributed by atoms with van der Waals surface area (Å²) in [6.07, 6.45) is 10.7. The van der Waals surface area contributed by atoms with Gasteiger partial charge < -0.3 is 19.7 Å². The first-order chi connectivity index (χ1) is 20.8. The molecule has 1 aliphatic rings. The minimum absolute atomic E-state index is 0.0438. The van der Waals surface area contributed by atoms with Crippen molar-refractivity contribution in [3.05, 3.63) is 109 Å². The van der Waals surface area contributed by atoms with Crippen molar-refractivity contribution in [3.63, 3.8) is 0 Å². The Bertz CT molecular complexity index is 1410. The maximum Gasteiger partial charge on any atom is 0.341 e. The van der Waals surface area contributed by atoms with Crippen LogP contribution in [0.1, 0.15) is 69.8 Å². The molecule has 4 rings (SSSR count). The summed E-state index contributed by atoms with van der Waals surface area (Å²) >= 11 is 0. The zero-order valence-corrected chi connectivity index (χ0v) is 25.3. The lowest BCUT2D eigenvalue weighted by atomic mass is 9.77. The van der Waals surface area contributed by atoms with E-state index in [4.69, 9.17) is 9.47 Å². The van der Waals surface area contributed by atoms with E-state index in [1.807, 2.05) is 24.3 Å². The molecule has 0 heterocycles. The standard InChI is InChI=1S/C38H44O5/c1-5-6-7-8-29-9-11-30(12-10-29)31-13-15-32(16-14-31)33-17-19-34(20-18-33)36-23-35(42-28(4)26(2)24-39)21-22-37(36)43-38(41)27(3)25-40/h13-23,29-30,39-40H,2-12,24-25H2,1H3. The molecule has 0 radical (unpaired) electrons. The van der Waals surface area contributed by atoms with Gasteiger partial charge in [0.2, 0.25) is 0 Å². The zero-order chi connectivity index (χ0) is 30.8. The number of benzene rings is 3. The van der Waals surface area contributed by atoms with E-state index in [1.165, 1.54) is 56.9 Å². The maximum atomic E-state index is 12.4. The van der Waals surface area contributed by atoms with Gasteiger partial charge in [-0.2, -0.15) is 0 Å². The van der Waals surface area contributed by atoms with Gasteiger partial charge in [0.1, 0.15) is 17.3 Å². The second-order valence-electron chi connectivity index (χ2n) is 11.5. The number of rotatable bonds is 14. The number of carbonyl (C=O) groups is 1. The van der Waals surface area contributed by atoms with Crippen molar-refractivity contribution in [1.82, 2.24) is 0 Å². The van der Waals surface area contributed by atoms with E-state index < -0.39 is 12.6 Å². The topological polar surface area (TPSA) is 76.0 Å². The molecule has 0 aromatic heterocycles. The van der Waals surface area contributed by atoms with Crippen LogP contribution in [0.2, 0.25) is 0 Å². The third kappa shape index (κ3) is 8.56. The Kier molecular flexibility index (Phi) is 11.5. The van der Waals surface area contributed by atoms with Crippen LogP contribution in [-0.2, 0) is 4.79 Å². The molecule has 0 amide bonds. The highest BCUT2D eigenvalue weighted by atomic mass is 16.5. The average Bonchev–Trinajstić information content (AvgIpc) is 3.05. The predicted octanol–water partition coefficient (Wildman–Crippen LogP) is 8.77. The Morgan fingerprint density at radius 1 is 0.767 bits per heavy atom. The molecule has 5 nitrogen and oxygen atoms in total. The van der Waals surface area contributed by atoms with Crippen molar-refractivity contribution in [3.8, 4) is 33.8 Å². The maximum absolute atomic E-state index is 12.4. The summed E-state index contributed by atoms with van der Waals surface area (Å²) in [5.74, 6) is 1.84. The van der Waals surface area contributed by atoms with Crippen LogP contribution in [0.3, 0.4) is 0 Å². The Labute approximate surface area is 256 Å². The molecule has 5 heteroatoms. The molecule has 0 saturated heterocycles. The second kappa shape index (κ2) is 15.5. The van der Waals surface area contributed by atoms with Gasteiger partial charge in [-0.15, -0.1) is 0 Å². The predicted molar refractivity (Wildman–Crippen MR) is 174 cm³/mol. The molecule has 2 N–H and O–H groups in total. The molecular weight excluding hydrogens is 536 g/mol. The minimum atomic E-state index is -0.711. The van der Waals surface area contributed by atoms with Gasteiger partial charge in [0.15, 0.2) is 0 Å². The largest absolute Gasteiger partial charge is 0.458 e. The fourth-order valence-corrected chi connectivity index (χ4v) is 5.68. The highest BCUT2D eigenvalue weighted by molar-refractivity contribution is 5.91. The van der Waals surface area contributed by atoms with Crippen LogP contribution in [-0.4, -0.2) is 29.4 Å². The SMILES string of the molecule is C=C(CO)C(=C)Oc1ccc(OC(=O)C(=C)CO)c(-c2ccc(-c3ccc(C4CCC(CCCCC)CC4)cc3)cc2)c1. The van der Waals surface area contributed by atoms with E-state index in [9.17, 15) is 15.0 Å². The van der Waals surface area contributed by atoms with Gasteiger partial charge in [-0.3, -0.25) is 0 Å². The van der Waals surface area contributed by atoms with Gasteiger partial charge in [0, 0.05) is 11.1 Å². The molecule has 0 aliphatic heterocycles. The Morgan fingerprint density at radius 3 is 1.98 bits per heavy atom. The highest BCUT2D eigenvalue weighted by Gasteiger charge is 2.22. The molecule has 1 saturated carbocycles. The first-order valence-corrected chi connectivity index (χ1v) is 15.3. The smallest absolute Gasteiger partial charge is 0.341 e. The first kappa shape index (κ1) is 32.0. The van der Waals surface area contributed by atoms with Gasteiger partial charge in [-0.05, 0) is 78.0 Å². The van der Waals surface area contributed by atoms with E-state index >= 15 is 0 Å². The van der Waals surface area contributed by atoms with E-state index in [1.54, 1.807) is 18.2 Å². The first-order valence-electron chi connectivity index (χ1n) is 15.3. The lowest BCUT2D eigenvalue weighted by Gasteiger charge is -2.29. The monoisotopic (exact) mass is 580 g/mol. The van der Waals surface area contributed by atoms with Gasteiger partial charge >= 0.3 is 5.97 Å². The van der Waals surface area contributed by atoms with Crippen molar-refractivity contribution in [2.75, 3.05) is 13.2 Å². The van der Waals surface area contributed by atoms with Crippen molar-refractivity contribution >= 4 is 5.97 Å². The Morgan fingerprint density at radius 2 is 1.37 bits per heavy atom. The molecule has 3 aromatic carbocycles. The lowest BCUT2D eigenvalue weighted by molar-refractivity contribution is -0.130. The van der Waals surface area contributed by atoms with Gasteiger partial charge in [0.05, 0.1) is 18.8 Å². The van der Waals surface area contributed by atoms with Crippen molar-refractivity contribution in [2.24, 2.45) is 5.92 Å². The molecule has 3 aromatic rings. The van der Waals surface area contributed by atoms with Crippen LogP contribution in [0.25, 0.3) is 22.3 Å². The normalized spacial score (nSPS) is 16.3. The number of ether oxygens (including phenoxy) is 2. The number of unbranched alkanes of at least 4 members (excludes halogenated alkanes) is 2. The van der Waals surface area contributed by atoms with E-state index in [0.29, 0.717) is 28.6 Å². The van der Waals surface area contributed by atoms with Gasteiger partial charge in [-0.1, -0.05) is 101 Å². The summed E-state index contributed by atoms with van der Waals surface area (Å²) in [5, 5.41) is 18.7. The van der Waals surface area contributed by atoms with Crippen LogP contribution in [0.5, 0.6) is 11.5 Å². The lowest BCUT2D eigenvalue weighted by Crippen LogP contribution is -2.13. The summed E-state index contributed by atoms with van der Waals surface area (Å²) < 4.78 is 11.4. The van der Waals surface area contributed by atoms with Crippen LogP contribution in [0.15, 0.2) is 103 Å². The fraction of sp³-hybridized carbons (Fsp3) is 0.342. The molecule has 1 fully saturated rings. The molecule has 0 bridgehead atoms. The summed E-state index contributed by atoms with van der Waals surface area (Å²) in [4.78, 5) is 12.4. The minimum Gasteiger partial charge on any atom is -0.458 e. The summed E-state index contributed by atoms with van der Waals surface area (Å²) in [7, 11) is 0. The van der Waals surface area contributed by atoms with E-state index in [-0.39, 0.29) is 17.9 Å². The van der Waals surface area contributed by atoms with Crippen LogP contribution in [0, 0.1) is 5.92 Å². The second-order valence-corrected chi connectivity index (χ2v) is 11.5. The zero-order valence-electron chi connectivity index (χ0n) is 25.3. The number of esters is 1. The van der Waals surface area contributed by atoms with Crippen molar-refractivity contribution < 1.29 is 24.5 Å². The molecule has 1 aliphatic carbocycles. The summed E-state index contributed by atoms with van der Waals surface area (Å²) in [6, 6.07) is 22.0. The summed E-state index contributed by atoms with van der Waals surface area (Å²) in [5.41, 5.74) is 5.41. The number of hydrogen-bond acceptors (Lipinski definition) is 5. The summed E-state index contributed by atoms with van der Waals surface area (Å²) in [6.45, 7) is 12.6. The fourth-order valence-electron chi connectivity index (χ4n) is 5.68. The molecule has 0 spiro atoms. The van der Waals surface area contributed by atoms with Gasteiger partial charge in [-0.25, -0.2) is 4.79 Å². The number of carbonyl (C=O) groups excluding carboxylic acids is 1. The van der Waals surface area contributed by atoms with Crippen LogP contribution < -0.4 is 9.47 Å². The molecule has 43 heavy (non-hydrogen) atoms. The van der Waals surface area contributed by atoms with Gasteiger partial charge in [0.25, 0.3) is 0 Å². The number of aliphatic hydroxyl groups is 2. The Hall–Kier alpha value is -3.93. The molecular formula is C38H44O5. The third-order valence-corrected chi connectivity index (χ3v) is 8.43. The molecule has 226 valence electrons. The van der Waals surface area contributed by atoms with Crippen LogP contribution >= 0.6 is 0 Å². The molecule has 0 unspecified atom stereocenters.